The number of halogens is 1. The first-order valence-corrected chi connectivity index (χ1v) is 7.86. The van der Waals surface area contributed by atoms with E-state index in [0.29, 0.717) is 0 Å². The zero-order chi connectivity index (χ0) is 14.4. The standard InChI is InChI=1S/C18H15BrN2/c1-18(19)9-7-16-15(11-18)14-8-10-20-12-17(14)21(16)13-5-3-2-4-6-13/h2-10,12H,11H2,1H3. The Hall–Kier alpha value is -1.87. The molecule has 0 amide bonds. The number of allylic oxidation sites excluding steroid dienone is 1. The predicted molar refractivity (Wildman–Crippen MR) is 91.1 cm³/mol. The van der Waals surface area contributed by atoms with Crippen LogP contribution in [0.4, 0.5) is 0 Å². The van der Waals surface area contributed by atoms with E-state index in [0.717, 1.165) is 6.42 Å². The van der Waals surface area contributed by atoms with E-state index in [1.54, 1.807) is 0 Å². The summed E-state index contributed by atoms with van der Waals surface area (Å²) in [7, 11) is 0. The molecule has 3 heteroatoms. The quantitative estimate of drug-likeness (QED) is 0.585. The van der Waals surface area contributed by atoms with Gasteiger partial charge in [-0.05, 0) is 43.2 Å². The number of para-hydroxylation sites is 1. The molecule has 2 heterocycles. The summed E-state index contributed by atoms with van der Waals surface area (Å²) in [6, 6.07) is 12.6. The third-order valence-corrected chi connectivity index (χ3v) is 4.59. The Balaban J connectivity index is 2.08. The van der Waals surface area contributed by atoms with E-state index in [1.807, 2.05) is 18.5 Å². The summed E-state index contributed by atoms with van der Waals surface area (Å²) in [5.74, 6) is 0. The number of fused-ring (bicyclic) bond motifs is 3. The molecule has 1 aliphatic rings. The number of nitrogens with zero attached hydrogens (tertiary/aromatic N) is 2. The van der Waals surface area contributed by atoms with Gasteiger partial charge in [0.05, 0.1) is 11.7 Å². The zero-order valence-corrected chi connectivity index (χ0v) is 13.3. The van der Waals surface area contributed by atoms with Gasteiger partial charge in [-0.15, -0.1) is 0 Å². The highest BCUT2D eigenvalue weighted by atomic mass is 79.9. The highest BCUT2D eigenvalue weighted by Gasteiger charge is 2.27. The second-order valence-corrected chi connectivity index (χ2v) is 7.53. The molecule has 0 saturated heterocycles. The third-order valence-electron chi connectivity index (χ3n) is 4.04. The van der Waals surface area contributed by atoms with Gasteiger partial charge in [-0.1, -0.05) is 40.2 Å². The van der Waals surface area contributed by atoms with Crippen molar-refractivity contribution in [1.82, 2.24) is 9.55 Å². The van der Waals surface area contributed by atoms with Crippen LogP contribution in [0.1, 0.15) is 18.2 Å². The first kappa shape index (κ1) is 12.8. The molecule has 0 fully saturated rings. The largest absolute Gasteiger partial charge is 0.308 e. The van der Waals surface area contributed by atoms with Crippen molar-refractivity contribution in [3.63, 3.8) is 0 Å². The summed E-state index contributed by atoms with van der Waals surface area (Å²) >= 11 is 3.80. The molecule has 0 spiro atoms. The Morgan fingerprint density at radius 1 is 1.19 bits per heavy atom. The fourth-order valence-electron chi connectivity index (χ4n) is 3.10. The molecule has 1 unspecified atom stereocenters. The van der Waals surface area contributed by atoms with Crippen LogP contribution >= 0.6 is 15.9 Å². The normalized spacial score (nSPS) is 20.7. The van der Waals surface area contributed by atoms with Gasteiger partial charge in [-0.2, -0.15) is 0 Å². The molecule has 1 aliphatic carbocycles. The fourth-order valence-corrected chi connectivity index (χ4v) is 3.51. The molecule has 0 bridgehead atoms. The summed E-state index contributed by atoms with van der Waals surface area (Å²) in [4.78, 5) is 4.32. The van der Waals surface area contributed by atoms with Crippen LogP contribution in [0.25, 0.3) is 22.7 Å². The Labute approximate surface area is 132 Å². The lowest BCUT2D eigenvalue weighted by molar-refractivity contribution is 0.791. The van der Waals surface area contributed by atoms with Crippen LogP contribution in [0.2, 0.25) is 0 Å². The molecule has 3 aromatic rings. The van der Waals surface area contributed by atoms with E-state index < -0.39 is 0 Å². The lowest BCUT2D eigenvalue weighted by Crippen LogP contribution is -2.19. The fraction of sp³-hybridized carbons (Fsp3) is 0.167. The molecule has 1 atom stereocenters. The van der Waals surface area contributed by atoms with Crippen molar-refractivity contribution in [2.75, 3.05) is 0 Å². The van der Waals surface area contributed by atoms with Crippen LogP contribution in [0.15, 0.2) is 54.9 Å². The van der Waals surface area contributed by atoms with Gasteiger partial charge in [0.2, 0.25) is 0 Å². The maximum atomic E-state index is 4.32. The van der Waals surface area contributed by atoms with Gasteiger partial charge in [0, 0.05) is 27.3 Å². The van der Waals surface area contributed by atoms with E-state index in [9.17, 15) is 0 Å². The van der Waals surface area contributed by atoms with Crippen LogP contribution in [-0.4, -0.2) is 13.9 Å². The van der Waals surface area contributed by atoms with Gasteiger partial charge in [-0.3, -0.25) is 4.98 Å². The van der Waals surface area contributed by atoms with E-state index in [2.05, 4.69) is 74.9 Å². The molecule has 21 heavy (non-hydrogen) atoms. The van der Waals surface area contributed by atoms with E-state index in [4.69, 9.17) is 0 Å². The maximum absolute atomic E-state index is 4.32. The molecule has 0 aliphatic heterocycles. The average Bonchev–Trinajstić information content (AvgIpc) is 2.81. The Bertz CT molecular complexity index is 844. The Morgan fingerprint density at radius 3 is 2.81 bits per heavy atom. The van der Waals surface area contributed by atoms with Gasteiger partial charge in [0.15, 0.2) is 0 Å². The second-order valence-electron chi connectivity index (χ2n) is 5.72. The van der Waals surface area contributed by atoms with Crippen molar-refractivity contribution >= 4 is 32.9 Å². The third kappa shape index (κ3) is 2.04. The average molecular weight is 339 g/mol. The van der Waals surface area contributed by atoms with Crippen LogP contribution in [0.3, 0.4) is 0 Å². The molecule has 0 N–H and O–H groups in total. The van der Waals surface area contributed by atoms with Gasteiger partial charge >= 0.3 is 0 Å². The number of hydrogen-bond donors (Lipinski definition) is 0. The van der Waals surface area contributed by atoms with Gasteiger partial charge in [0.25, 0.3) is 0 Å². The molecule has 0 radical (unpaired) electrons. The second kappa shape index (κ2) is 4.57. The molecule has 104 valence electrons. The summed E-state index contributed by atoms with van der Waals surface area (Å²) in [5.41, 5.74) is 5.00. The molecule has 0 saturated carbocycles. The molecular weight excluding hydrogens is 324 g/mol. The van der Waals surface area contributed by atoms with E-state index in [-0.39, 0.29) is 4.32 Å². The molecular formula is C18H15BrN2. The lowest BCUT2D eigenvalue weighted by Gasteiger charge is -2.23. The predicted octanol–water partition coefficient (Wildman–Crippen LogP) is 4.75. The summed E-state index contributed by atoms with van der Waals surface area (Å²) in [6.45, 7) is 2.21. The van der Waals surface area contributed by atoms with Crippen LogP contribution in [0.5, 0.6) is 0 Å². The van der Waals surface area contributed by atoms with Crippen LogP contribution in [0, 0.1) is 0 Å². The maximum Gasteiger partial charge on any atom is 0.0721 e. The molecule has 4 rings (SSSR count). The number of rotatable bonds is 1. The Kier molecular flexibility index (Phi) is 2.79. The lowest BCUT2D eigenvalue weighted by atomic mass is 9.93. The number of hydrogen-bond acceptors (Lipinski definition) is 1. The zero-order valence-electron chi connectivity index (χ0n) is 11.8. The van der Waals surface area contributed by atoms with Gasteiger partial charge < -0.3 is 4.57 Å². The van der Waals surface area contributed by atoms with E-state index >= 15 is 0 Å². The first-order chi connectivity index (χ1) is 10.2. The number of pyridine rings is 1. The van der Waals surface area contributed by atoms with Crippen molar-refractivity contribution in [1.29, 1.82) is 0 Å². The molecule has 1 aromatic carbocycles. The van der Waals surface area contributed by atoms with Crippen molar-refractivity contribution in [3.8, 4) is 5.69 Å². The number of alkyl halides is 1. The monoisotopic (exact) mass is 338 g/mol. The number of benzene rings is 1. The summed E-state index contributed by atoms with van der Waals surface area (Å²) in [6.07, 6.45) is 9.28. The SMILES string of the molecule is CC1(Br)C=Cc2c(c3ccncc3n2-c2ccccc2)C1. The summed E-state index contributed by atoms with van der Waals surface area (Å²) < 4.78 is 2.33. The van der Waals surface area contributed by atoms with Crippen molar-refractivity contribution in [2.24, 2.45) is 0 Å². The summed E-state index contributed by atoms with van der Waals surface area (Å²) in [5, 5.41) is 1.29. The van der Waals surface area contributed by atoms with Crippen LogP contribution < -0.4 is 0 Å². The minimum Gasteiger partial charge on any atom is -0.308 e. The first-order valence-electron chi connectivity index (χ1n) is 7.07. The van der Waals surface area contributed by atoms with Gasteiger partial charge in [0.1, 0.15) is 0 Å². The smallest absolute Gasteiger partial charge is 0.0721 e. The highest BCUT2D eigenvalue weighted by molar-refractivity contribution is 9.10. The minimum absolute atomic E-state index is 0.0269. The Morgan fingerprint density at radius 2 is 2.00 bits per heavy atom. The van der Waals surface area contributed by atoms with Crippen LogP contribution in [-0.2, 0) is 6.42 Å². The molecule has 2 nitrogen and oxygen atoms in total. The van der Waals surface area contributed by atoms with Crippen molar-refractivity contribution in [2.45, 2.75) is 17.7 Å². The van der Waals surface area contributed by atoms with Crippen molar-refractivity contribution in [3.05, 3.63) is 66.1 Å². The highest BCUT2D eigenvalue weighted by Crippen LogP contribution is 2.38. The minimum atomic E-state index is 0.0269. The molecule has 2 aromatic heterocycles. The van der Waals surface area contributed by atoms with E-state index in [1.165, 1.54) is 27.8 Å². The number of aromatic nitrogens is 2. The van der Waals surface area contributed by atoms with Crippen molar-refractivity contribution < 1.29 is 0 Å². The van der Waals surface area contributed by atoms with Gasteiger partial charge in [-0.25, -0.2) is 0 Å². The topological polar surface area (TPSA) is 17.8 Å².